The van der Waals surface area contributed by atoms with Crippen LogP contribution in [0.25, 0.3) is 0 Å². The van der Waals surface area contributed by atoms with Crippen LogP contribution in [0.4, 0.5) is 0 Å². The molecule has 0 aliphatic carbocycles. The molecule has 0 rings (SSSR count). The Hall–Kier alpha value is -0.640. The first-order valence-corrected chi connectivity index (χ1v) is 3.93. The normalized spacial score (nSPS) is 14.3. The molecule has 0 saturated carbocycles. The van der Waals surface area contributed by atoms with Gasteiger partial charge < -0.3 is 14.9 Å². The number of rotatable bonds is 3. The van der Waals surface area contributed by atoms with Crippen LogP contribution in [-0.4, -0.2) is 17.3 Å². The van der Waals surface area contributed by atoms with Crippen LogP contribution in [0.15, 0.2) is 22.3 Å². The van der Waals surface area contributed by atoms with E-state index in [4.69, 9.17) is 10.2 Å². The first kappa shape index (κ1) is 10.4. The van der Waals surface area contributed by atoms with Gasteiger partial charge in [0.2, 0.25) is 0 Å². The quantitative estimate of drug-likeness (QED) is 0.571. The molecule has 4 heteroatoms. The van der Waals surface area contributed by atoms with Gasteiger partial charge in [-0.2, -0.15) is 0 Å². The number of halogens is 1. The molecule has 0 heterocycles. The predicted octanol–water partition coefficient (Wildman–Crippen LogP) is 2.61. The first-order valence-electron chi connectivity index (χ1n) is 3.14. The van der Waals surface area contributed by atoms with Gasteiger partial charge >= 0.3 is 0 Å². The summed E-state index contributed by atoms with van der Waals surface area (Å²) in [5.41, 5.74) is 0. The number of hydrogen-bond acceptors (Lipinski definition) is 3. The summed E-state index contributed by atoms with van der Waals surface area (Å²) in [6.45, 7) is 1.80. The largest absolute Gasteiger partial charge is 0.511 e. The Morgan fingerprint density at radius 1 is 1.55 bits per heavy atom. The monoisotopic (exact) mass is 222 g/mol. The second-order valence-electron chi connectivity index (χ2n) is 1.83. The van der Waals surface area contributed by atoms with Crippen molar-refractivity contribution in [2.24, 2.45) is 0 Å². The lowest BCUT2D eigenvalue weighted by molar-refractivity contribution is 0.136. The van der Waals surface area contributed by atoms with Gasteiger partial charge in [0.15, 0.2) is 0 Å². The molecular formula is C7H11BrO3. The molecule has 64 valence electrons. The minimum Gasteiger partial charge on any atom is -0.511 e. The maximum Gasteiger partial charge on any atom is 0.277 e. The van der Waals surface area contributed by atoms with Gasteiger partial charge in [0.25, 0.3) is 5.95 Å². The Balaban J connectivity index is 4.37. The van der Waals surface area contributed by atoms with Crippen LogP contribution in [0.2, 0.25) is 0 Å². The summed E-state index contributed by atoms with van der Waals surface area (Å²) in [5, 5.41) is 17.9. The van der Waals surface area contributed by atoms with E-state index in [1.165, 1.54) is 13.2 Å². The average Bonchev–Trinajstić information content (AvgIpc) is 2.02. The molecular weight excluding hydrogens is 212 g/mol. The van der Waals surface area contributed by atoms with E-state index in [9.17, 15) is 0 Å². The number of aliphatic hydroxyl groups excluding tert-OH is 2. The summed E-state index contributed by atoms with van der Waals surface area (Å²) >= 11 is 3.06. The van der Waals surface area contributed by atoms with E-state index in [1.54, 1.807) is 6.92 Å². The van der Waals surface area contributed by atoms with Gasteiger partial charge in [-0.15, -0.1) is 0 Å². The van der Waals surface area contributed by atoms with Crippen molar-refractivity contribution in [2.45, 2.75) is 13.3 Å². The summed E-state index contributed by atoms with van der Waals surface area (Å²) < 4.78 is 4.89. The van der Waals surface area contributed by atoms with Gasteiger partial charge in [0.1, 0.15) is 5.76 Å². The van der Waals surface area contributed by atoms with E-state index in [-0.39, 0.29) is 11.7 Å². The van der Waals surface area contributed by atoms with E-state index in [0.717, 1.165) is 0 Å². The fraction of sp³-hybridized carbons (Fsp3) is 0.429. The number of aliphatic hydroxyl groups is 2. The molecule has 0 aliphatic heterocycles. The molecule has 0 aliphatic rings. The topological polar surface area (TPSA) is 49.7 Å². The zero-order chi connectivity index (χ0) is 8.85. The zero-order valence-electron chi connectivity index (χ0n) is 6.47. The number of hydrogen-bond donors (Lipinski definition) is 2. The standard InChI is InChI=1S/C7H11BrO3/c1-3-6(9)5(8)4-7(10)11-2/h4,9-10H,3H2,1-2H3/b6-5-,7-4+. The molecule has 0 aromatic carbocycles. The average molecular weight is 223 g/mol. The van der Waals surface area contributed by atoms with Crippen molar-refractivity contribution < 1.29 is 14.9 Å². The number of ether oxygens (including phenoxy) is 1. The molecule has 0 aromatic rings. The van der Waals surface area contributed by atoms with Crippen LogP contribution < -0.4 is 0 Å². The third-order valence-electron chi connectivity index (χ3n) is 1.07. The molecule has 0 fully saturated rings. The SMILES string of the molecule is CC/C(O)=C(Br)\C=C(/O)OC. The minimum atomic E-state index is -0.239. The van der Waals surface area contributed by atoms with Crippen molar-refractivity contribution in [3.63, 3.8) is 0 Å². The third-order valence-corrected chi connectivity index (χ3v) is 1.76. The van der Waals surface area contributed by atoms with E-state index in [2.05, 4.69) is 20.7 Å². The Kier molecular flexibility index (Phi) is 4.77. The summed E-state index contributed by atoms with van der Waals surface area (Å²) in [6.07, 6.45) is 1.80. The van der Waals surface area contributed by atoms with Gasteiger partial charge in [0, 0.05) is 12.5 Å². The fourth-order valence-electron chi connectivity index (χ4n) is 0.420. The molecule has 3 nitrogen and oxygen atoms in total. The molecule has 0 aromatic heterocycles. The van der Waals surface area contributed by atoms with Crippen molar-refractivity contribution in [1.82, 2.24) is 0 Å². The molecule has 0 atom stereocenters. The van der Waals surface area contributed by atoms with Crippen LogP contribution in [0, 0.1) is 0 Å². The molecule has 0 unspecified atom stereocenters. The van der Waals surface area contributed by atoms with Gasteiger partial charge in [-0.25, -0.2) is 0 Å². The maximum atomic E-state index is 9.09. The third kappa shape index (κ3) is 3.93. The van der Waals surface area contributed by atoms with Gasteiger partial charge in [-0.05, 0) is 15.9 Å². The molecule has 0 spiro atoms. The molecule has 0 amide bonds. The summed E-state index contributed by atoms with van der Waals surface area (Å²) in [6, 6.07) is 0. The Morgan fingerprint density at radius 2 is 2.09 bits per heavy atom. The zero-order valence-corrected chi connectivity index (χ0v) is 8.05. The second kappa shape index (κ2) is 5.07. The van der Waals surface area contributed by atoms with Gasteiger partial charge in [-0.1, -0.05) is 6.92 Å². The van der Waals surface area contributed by atoms with Crippen LogP contribution in [0.3, 0.4) is 0 Å². The van der Waals surface area contributed by atoms with Crippen LogP contribution in [0.5, 0.6) is 0 Å². The summed E-state index contributed by atoms with van der Waals surface area (Å²) in [7, 11) is 1.34. The van der Waals surface area contributed by atoms with Gasteiger partial charge in [0.05, 0.1) is 11.6 Å². The molecule has 0 bridgehead atoms. The van der Waals surface area contributed by atoms with E-state index in [1.807, 2.05) is 0 Å². The summed E-state index contributed by atoms with van der Waals surface area (Å²) in [5.74, 6) is -0.0644. The minimum absolute atomic E-state index is 0.175. The summed E-state index contributed by atoms with van der Waals surface area (Å²) in [4.78, 5) is 0. The lowest BCUT2D eigenvalue weighted by Gasteiger charge is -1.98. The highest BCUT2D eigenvalue weighted by Gasteiger charge is 1.98. The Morgan fingerprint density at radius 3 is 2.45 bits per heavy atom. The van der Waals surface area contributed by atoms with Crippen molar-refractivity contribution >= 4 is 15.9 Å². The van der Waals surface area contributed by atoms with Crippen molar-refractivity contribution in [1.29, 1.82) is 0 Å². The molecule has 0 saturated heterocycles. The highest BCUT2D eigenvalue weighted by atomic mass is 79.9. The second-order valence-corrected chi connectivity index (χ2v) is 2.69. The van der Waals surface area contributed by atoms with Crippen LogP contribution in [0.1, 0.15) is 13.3 Å². The van der Waals surface area contributed by atoms with Crippen molar-refractivity contribution in [3.8, 4) is 0 Å². The molecule has 0 radical (unpaired) electrons. The number of methoxy groups -OCH3 is 1. The predicted molar refractivity (Wildman–Crippen MR) is 46.6 cm³/mol. The van der Waals surface area contributed by atoms with E-state index >= 15 is 0 Å². The van der Waals surface area contributed by atoms with E-state index in [0.29, 0.717) is 10.9 Å². The van der Waals surface area contributed by atoms with Gasteiger partial charge in [-0.3, -0.25) is 0 Å². The smallest absolute Gasteiger partial charge is 0.277 e. The fourth-order valence-corrected chi connectivity index (χ4v) is 0.896. The van der Waals surface area contributed by atoms with Crippen LogP contribution in [-0.2, 0) is 4.74 Å². The van der Waals surface area contributed by atoms with Crippen LogP contribution >= 0.6 is 15.9 Å². The molecule has 2 N–H and O–H groups in total. The Labute approximate surface area is 74.1 Å². The lowest BCUT2D eigenvalue weighted by atomic mass is 10.3. The van der Waals surface area contributed by atoms with Crippen molar-refractivity contribution in [2.75, 3.05) is 7.11 Å². The van der Waals surface area contributed by atoms with E-state index < -0.39 is 0 Å². The Bertz CT molecular complexity index is 184. The first-order chi connectivity index (χ1) is 5.11. The highest BCUT2D eigenvalue weighted by Crippen LogP contribution is 2.15. The number of allylic oxidation sites excluding steroid dienone is 3. The maximum absolute atomic E-state index is 9.09. The highest BCUT2D eigenvalue weighted by molar-refractivity contribution is 9.11. The lowest BCUT2D eigenvalue weighted by Crippen LogP contribution is -1.86. The molecule has 11 heavy (non-hydrogen) atoms. The van der Waals surface area contributed by atoms with Crippen molar-refractivity contribution in [3.05, 3.63) is 22.3 Å².